The fraction of sp³-hybridized carbons (Fsp3) is 0.400. The lowest BCUT2D eigenvalue weighted by atomic mass is 9.67. The van der Waals surface area contributed by atoms with Crippen LogP contribution in [0.2, 0.25) is 0 Å². The average molecular weight is 388 g/mol. The maximum Gasteiger partial charge on any atom is 0.416 e. The van der Waals surface area contributed by atoms with Crippen molar-refractivity contribution in [2.24, 2.45) is 5.10 Å². The van der Waals surface area contributed by atoms with Crippen molar-refractivity contribution in [1.82, 2.24) is 15.0 Å². The van der Waals surface area contributed by atoms with Crippen LogP contribution in [-0.2, 0) is 11.0 Å². The summed E-state index contributed by atoms with van der Waals surface area (Å²) in [6.07, 6.45) is 1.74. The third-order valence-electron chi connectivity index (χ3n) is 5.57. The number of carbonyl (C=O) groups excluding carboxylic acids is 1. The second kappa shape index (κ2) is 7.00. The highest BCUT2D eigenvalue weighted by molar-refractivity contribution is 6.29. The van der Waals surface area contributed by atoms with Crippen LogP contribution in [0.4, 0.5) is 13.2 Å². The summed E-state index contributed by atoms with van der Waals surface area (Å²) in [5.41, 5.74) is 0.727. The first-order valence-corrected chi connectivity index (χ1v) is 9.16. The highest BCUT2D eigenvalue weighted by Crippen LogP contribution is 2.50. The quantitative estimate of drug-likeness (QED) is 0.792. The number of halogens is 3. The molecule has 28 heavy (non-hydrogen) atoms. The molecule has 2 aromatic rings. The molecule has 146 valence electrons. The Morgan fingerprint density at radius 1 is 1.14 bits per heavy atom. The molecule has 0 radical (unpaired) electrons. The van der Waals surface area contributed by atoms with Gasteiger partial charge in [-0.3, -0.25) is 9.80 Å². The first-order valence-electron chi connectivity index (χ1n) is 9.16. The van der Waals surface area contributed by atoms with Gasteiger partial charge in [-0.2, -0.15) is 18.3 Å². The van der Waals surface area contributed by atoms with Gasteiger partial charge in [0.15, 0.2) is 5.78 Å². The molecule has 0 amide bonds. The highest BCUT2D eigenvalue weighted by Gasteiger charge is 2.40. The minimum Gasteiger partial charge on any atom is -0.291 e. The Labute approximate surface area is 160 Å². The van der Waals surface area contributed by atoms with E-state index in [1.807, 2.05) is 6.92 Å². The van der Waals surface area contributed by atoms with Gasteiger partial charge < -0.3 is 0 Å². The van der Waals surface area contributed by atoms with Crippen molar-refractivity contribution in [3.63, 3.8) is 0 Å². The Balaban J connectivity index is 1.73. The molecule has 1 aromatic heterocycles. The van der Waals surface area contributed by atoms with Gasteiger partial charge >= 0.3 is 6.18 Å². The Morgan fingerprint density at radius 3 is 2.43 bits per heavy atom. The molecule has 0 saturated heterocycles. The summed E-state index contributed by atoms with van der Waals surface area (Å²) in [7, 11) is 0. The number of aromatic nitrogens is 2. The number of rotatable bonds is 4. The Hall–Kier alpha value is -2.77. The van der Waals surface area contributed by atoms with Gasteiger partial charge in [-0.05, 0) is 55.0 Å². The molecular weight excluding hydrogens is 369 g/mol. The maximum atomic E-state index is 13.4. The number of ketones is 1. The molecule has 0 spiro atoms. The van der Waals surface area contributed by atoms with Crippen molar-refractivity contribution in [1.29, 1.82) is 0 Å². The lowest BCUT2D eigenvalue weighted by molar-refractivity contribution is -0.137. The van der Waals surface area contributed by atoms with Crippen LogP contribution in [-0.4, -0.2) is 33.5 Å². The molecule has 4 rings (SSSR count). The summed E-state index contributed by atoms with van der Waals surface area (Å²) >= 11 is 0. The van der Waals surface area contributed by atoms with E-state index in [1.165, 1.54) is 18.3 Å². The van der Waals surface area contributed by atoms with Gasteiger partial charge in [0.1, 0.15) is 12.4 Å². The third-order valence-corrected chi connectivity index (χ3v) is 5.57. The SMILES string of the molecule is CC(c1ccc(C(F)(F)F)cc1[C@@H]1CC[C@H]1c1ncccn1)N1CC(=O)C=N1. The molecule has 1 unspecified atom stereocenters. The van der Waals surface area contributed by atoms with Gasteiger partial charge in [0.25, 0.3) is 0 Å². The normalized spacial score (nSPS) is 23.0. The monoisotopic (exact) mass is 388 g/mol. The predicted octanol–water partition coefficient (Wildman–Crippen LogP) is 4.09. The second-order valence-corrected chi connectivity index (χ2v) is 7.22. The average Bonchev–Trinajstić information content (AvgIpc) is 3.07. The Bertz CT molecular complexity index is 913. The number of Topliss-reactive ketones (excluding diaryl/α,β-unsaturated/α-hetero) is 1. The van der Waals surface area contributed by atoms with E-state index in [1.54, 1.807) is 23.5 Å². The van der Waals surface area contributed by atoms with Crippen LogP contribution in [0.15, 0.2) is 41.8 Å². The Morgan fingerprint density at radius 2 is 1.86 bits per heavy atom. The van der Waals surface area contributed by atoms with Crippen LogP contribution in [0.5, 0.6) is 0 Å². The van der Waals surface area contributed by atoms with E-state index < -0.39 is 11.7 Å². The Kier molecular flexibility index (Phi) is 4.64. The van der Waals surface area contributed by atoms with Gasteiger partial charge in [0.2, 0.25) is 0 Å². The van der Waals surface area contributed by atoms with E-state index >= 15 is 0 Å². The van der Waals surface area contributed by atoms with Gasteiger partial charge in [0, 0.05) is 18.3 Å². The number of benzene rings is 1. The molecule has 0 N–H and O–H groups in total. The molecule has 0 bridgehead atoms. The molecular formula is C20H19F3N4O. The number of alkyl halides is 3. The van der Waals surface area contributed by atoms with Gasteiger partial charge in [-0.15, -0.1) is 0 Å². The van der Waals surface area contributed by atoms with Gasteiger partial charge in [0.05, 0.1) is 17.8 Å². The predicted molar refractivity (Wildman–Crippen MR) is 96.8 cm³/mol. The first kappa shape index (κ1) is 18.6. The molecule has 2 heterocycles. The van der Waals surface area contributed by atoms with E-state index in [-0.39, 0.29) is 30.2 Å². The highest BCUT2D eigenvalue weighted by atomic mass is 19.4. The standard InChI is InChI=1S/C20H19F3N4O/c1-12(27-11-14(28)10-26-27)15-4-3-13(20(21,22)23)9-18(15)16-5-6-17(16)19-24-7-2-8-25-19/h2-4,7-10,12,16-17H,5-6,11H2,1H3/t12?,16-,17-/m1/s1. The van der Waals surface area contributed by atoms with Crippen molar-refractivity contribution in [2.75, 3.05) is 6.54 Å². The van der Waals surface area contributed by atoms with E-state index in [9.17, 15) is 18.0 Å². The first-order chi connectivity index (χ1) is 13.3. The molecule has 1 saturated carbocycles. The minimum atomic E-state index is -4.42. The summed E-state index contributed by atoms with van der Waals surface area (Å²) in [4.78, 5) is 20.1. The van der Waals surface area contributed by atoms with E-state index in [0.29, 0.717) is 11.4 Å². The summed E-state index contributed by atoms with van der Waals surface area (Å²) in [6, 6.07) is 5.27. The largest absolute Gasteiger partial charge is 0.416 e. The van der Waals surface area contributed by atoms with Crippen LogP contribution in [0.3, 0.4) is 0 Å². The molecule has 1 aliphatic carbocycles. The van der Waals surface area contributed by atoms with Crippen LogP contribution in [0, 0.1) is 0 Å². The molecule has 1 aromatic carbocycles. The minimum absolute atomic E-state index is 0.0145. The smallest absolute Gasteiger partial charge is 0.291 e. The van der Waals surface area contributed by atoms with E-state index in [2.05, 4.69) is 15.1 Å². The molecule has 1 fully saturated rings. The van der Waals surface area contributed by atoms with Gasteiger partial charge in [-0.1, -0.05) is 6.07 Å². The summed E-state index contributed by atoms with van der Waals surface area (Å²) < 4.78 is 40.1. The summed E-state index contributed by atoms with van der Waals surface area (Å²) in [5.74, 6) is 0.437. The topological polar surface area (TPSA) is 58.5 Å². The zero-order valence-electron chi connectivity index (χ0n) is 15.2. The van der Waals surface area contributed by atoms with Crippen LogP contribution in [0.1, 0.15) is 60.2 Å². The van der Waals surface area contributed by atoms with Crippen molar-refractivity contribution in [3.05, 3.63) is 59.2 Å². The van der Waals surface area contributed by atoms with Crippen LogP contribution in [0.25, 0.3) is 0 Å². The van der Waals surface area contributed by atoms with Gasteiger partial charge in [-0.25, -0.2) is 9.97 Å². The van der Waals surface area contributed by atoms with Crippen molar-refractivity contribution in [3.8, 4) is 0 Å². The van der Waals surface area contributed by atoms with E-state index in [4.69, 9.17) is 0 Å². The molecule has 3 atom stereocenters. The van der Waals surface area contributed by atoms with Crippen LogP contribution < -0.4 is 0 Å². The third kappa shape index (κ3) is 3.39. The van der Waals surface area contributed by atoms with Crippen molar-refractivity contribution >= 4 is 12.0 Å². The number of carbonyl (C=O) groups is 1. The number of hydrogen-bond donors (Lipinski definition) is 0. The zero-order valence-corrected chi connectivity index (χ0v) is 15.2. The zero-order chi connectivity index (χ0) is 19.9. The molecule has 1 aliphatic heterocycles. The summed E-state index contributed by atoms with van der Waals surface area (Å²) in [6.45, 7) is 1.99. The van der Waals surface area contributed by atoms with Crippen molar-refractivity contribution < 1.29 is 18.0 Å². The maximum absolute atomic E-state index is 13.4. The summed E-state index contributed by atoms with van der Waals surface area (Å²) in [5, 5.41) is 5.71. The van der Waals surface area contributed by atoms with Crippen molar-refractivity contribution in [2.45, 2.75) is 43.8 Å². The fourth-order valence-corrected chi connectivity index (χ4v) is 3.91. The second-order valence-electron chi connectivity index (χ2n) is 7.22. The number of hydrogen-bond acceptors (Lipinski definition) is 5. The lowest BCUT2D eigenvalue weighted by Crippen LogP contribution is -2.28. The fourth-order valence-electron chi connectivity index (χ4n) is 3.91. The lowest BCUT2D eigenvalue weighted by Gasteiger charge is -2.38. The number of nitrogens with zero attached hydrogens (tertiary/aromatic N) is 4. The molecule has 8 heteroatoms. The van der Waals surface area contributed by atoms with E-state index in [0.717, 1.165) is 24.5 Å². The number of hydrazone groups is 1. The molecule has 2 aliphatic rings. The van der Waals surface area contributed by atoms with Crippen LogP contribution >= 0.6 is 0 Å². The molecule has 5 nitrogen and oxygen atoms in total.